The lowest BCUT2D eigenvalue weighted by Crippen LogP contribution is -2.44. The van der Waals surface area contributed by atoms with E-state index < -0.39 is 0 Å². The molecule has 1 heterocycles. The summed E-state index contributed by atoms with van der Waals surface area (Å²) in [5.41, 5.74) is -0.343. The Bertz CT molecular complexity index is 278. The van der Waals surface area contributed by atoms with E-state index in [-0.39, 0.29) is 42.2 Å². The summed E-state index contributed by atoms with van der Waals surface area (Å²) in [7, 11) is 1.35. The second kappa shape index (κ2) is 6.81. The van der Waals surface area contributed by atoms with Gasteiger partial charge in [0.25, 0.3) is 0 Å². The molecule has 0 spiro atoms. The Balaban J connectivity index is 0.00000256. The van der Waals surface area contributed by atoms with E-state index in [4.69, 9.17) is 0 Å². The second-order valence-corrected chi connectivity index (χ2v) is 4.64. The Morgan fingerprint density at radius 3 is 2.65 bits per heavy atom. The molecule has 1 fully saturated rings. The molecule has 2 unspecified atom stereocenters. The largest absolute Gasteiger partial charge is 0.469 e. The summed E-state index contributed by atoms with van der Waals surface area (Å²) in [5, 5.41) is 6.01. The first kappa shape index (κ1) is 16.2. The Morgan fingerprint density at radius 2 is 2.18 bits per heavy atom. The van der Waals surface area contributed by atoms with Gasteiger partial charge in [-0.2, -0.15) is 0 Å². The lowest BCUT2D eigenvalue weighted by molar-refractivity contribution is -0.141. The molecule has 2 atom stereocenters. The number of methoxy groups -OCH3 is 1. The smallest absolute Gasteiger partial charge is 0.307 e. The zero-order valence-corrected chi connectivity index (χ0v) is 11.4. The van der Waals surface area contributed by atoms with Crippen molar-refractivity contribution < 1.29 is 14.3 Å². The average molecular weight is 265 g/mol. The fourth-order valence-corrected chi connectivity index (χ4v) is 1.79. The van der Waals surface area contributed by atoms with Crippen LogP contribution in [0, 0.1) is 5.41 Å². The maximum atomic E-state index is 11.9. The molecule has 0 aromatic rings. The fourth-order valence-electron chi connectivity index (χ4n) is 1.79. The molecular weight excluding hydrogens is 244 g/mol. The average Bonchev–Trinajstić information content (AvgIpc) is 2.66. The molecule has 0 bridgehead atoms. The van der Waals surface area contributed by atoms with Crippen molar-refractivity contribution in [3.63, 3.8) is 0 Å². The number of nitrogens with one attached hydrogen (secondary N) is 2. The van der Waals surface area contributed by atoms with Gasteiger partial charge in [-0.15, -0.1) is 12.4 Å². The predicted molar refractivity (Wildman–Crippen MR) is 67.1 cm³/mol. The van der Waals surface area contributed by atoms with Crippen LogP contribution in [0.5, 0.6) is 0 Å². The third kappa shape index (κ3) is 4.52. The van der Waals surface area contributed by atoms with E-state index in [2.05, 4.69) is 15.4 Å². The van der Waals surface area contributed by atoms with Crippen LogP contribution in [0.1, 0.15) is 26.7 Å². The standard InChI is InChI=1S/C11H20N2O3.ClH/c1-8(6-9(14)16-3)13-10(15)11(2)4-5-12-7-11;/h8,12H,4-7H2,1-3H3,(H,13,15);1H. The van der Waals surface area contributed by atoms with Crippen molar-refractivity contribution in [3.8, 4) is 0 Å². The lowest BCUT2D eigenvalue weighted by Gasteiger charge is -2.24. The first-order valence-electron chi connectivity index (χ1n) is 5.56. The molecular formula is C11H21ClN2O3. The Kier molecular flexibility index (Phi) is 6.49. The van der Waals surface area contributed by atoms with Crippen LogP contribution in [0.15, 0.2) is 0 Å². The zero-order valence-electron chi connectivity index (χ0n) is 10.5. The second-order valence-electron chi connectivity index (χ2n) is 4.64. The summed E-state index contributed by atoms with van der Waals surface area (Å²) >= 11 is 0. The van der Waals surface area contributed by atoms with Gasteiger partial charge in [0, 0.05) is 12.6 Å². The summed E-state index contributed by atoms with van der Waals surface area (Å²) in [5.74, 6) is -0.295. The molecule has 17 heavy (non-hydrogen) atoms. The highest BCUT2D eigenvalue weighted by Gasteiger charge is 2.36. The van der Waals surface area contributed by atoms with Gasteiger partial charge in [-0.25, -0.2) is 0 Å². The van der Waals surface area contributed by atoms with E-state index in [9.17, 15) is 9.59 Å². The van der Waals surface area contributed by atoms with Crippen molar-refractivity contribution >= 4 is 24.3 Å². The van der Waals surface area contributed by atoms with Crippen molar-refractivity contribution in [3.05, 3.63) is 0 Å². The third-order valence-electron chi connectivity index (χ3n) is 2.99. The van der Waals surface area contributed by atoms with Crippen molar-refractivity contribution in [1.29, 1.82) is 0 Å². The van der Waals surface area contributed by atoms with E-state index in [0.717, 1.165) is 13.0 Å². The highest BCUT2D eigenvalue weighted by molar-refractivity contribution is 5.85. The summed E-state index contributed by atoms with van der Waals surface area (Å²) in [6.07, 6.45) is 1.05. The molecule has 0 radical (unpaired) electrons. The van der Waals surface area contributed by atoms with Gasteiger partial charge in [0.05, 0.1) is 18.9 Å². The monoisotopic (exact) mass is 264 g/mol. The molecule has 0 aliphatic carbocycles. The first-order chi connectivity index (χ1) is 7.48. The SMILES string of the molecule is COC(=O)CC(C)NC(=O)C1(C)CCNC1.Cl. The van der Waals surface area contributed by atoms with E-state index >= 15 is 0 Å². The molecule has 1 aliphatic heterocycles. The summed E-state index contributed by atoms with van der Waals surface area (Å²) < 4.78 is 4.55. The van der Waals surface area contributed by atoms with Crippen LogP contribution in [0.3, 0.4) is 0 Å². The number of ether oxygens (including phenoxy) is 1. The van der Waals surface area contributed by atoms with E-state index in [0.29, 0.717) is 6.54 Å². The number of hydrogen-bond acceptors (Lipinski definition) is 4. The maximum absolute atomic E-state index is 11.9. The molecule has 5 nitrogen and oxygen atoms in total. The minimum Gasteiger partial charge on any atom is -0.469 e. The molecule has 0 aromatic heterocycles. The van der Waals surface area contributed by atoms with Gasteiger partial charge >= 0.3 is 5.97 Å². The van der Waals surface area contributed by atoms with Crippen molar-refractivity contribution in [2.45, 2.75) is 32.7 Å². The van der Waals surface area contributed by atoms with Crippen molar-refractivity contribution in [2.75, 3.05) is 20.2 Å². The predicted octanol–water partition coefficient (Wildman–Crippen LogP) is 0.476. The van der Waals surface area contributed by atoms with Crippen LogP contribution in [0.2, 0.25) is 0 Å². The highest BCUT2D eigenvalue weighted by Crippen LogP contribution is 2.24. The highest BCUT2D eigenvalue weighted by atomic mass is 35.5. The number of hydrogen-bond donors (Lipinski definition) is 2. The van der Waals surface area contributed by atoms with E-state index in [1.165, 1.54) is 7.11 Å². The van der Waals surface area contributed by atoms with E-state index in [1.54, 1.807) is 6.92 Å². The third-order valence-corrected chi connectivity index (χ3v) is 2.99. The van der Waals surface area contributed by atoms with Gasteiger partial charge in [-0.3, -0.25) is 9.59 Å². The van der Waals surface area contributed by atoms with E-state index in [1.807, 2.05) is 6.92 Å². The first-order valence-corrected chi connectivity index (χ1v) is 5.56. The van der Waals surface area contributed by atoms with Gasteiger partial charge in [0.1, 0.15) is 0 Å². The maximum Gasteiger partial charge on any atom is 0.307 e. The van der Waals surface area contributed by atoms with Gasteiger partial charge in [-0.1, -0.05) is 0 Å². The van der Waals surface area contributed by atoms with Crippen LogP contribution in [0.4, 0.5) is 0 Å². The molecule has 6 heteroatoms. The van der Waals surface area contributed by atoms with Crippen molar-refractivity contribution in [2.24, 2.45) is 5.41 Å². The van der Waals surface area contributed by atoms with Crippen LogP contribution >= 0.6 is 12.4 Å². The number of rotatable bonds is 4. The Morgan fingerprint density at radius 1 is 1.53 bits per heavy atom. The Labute approximate surface area is 108 Å². The van der Waals surface area contributed by atoms with Crippen molar-refractivity contribution in [1.82, 2.24) is 10.6 Å². The topological polar surface area (TPSA) is 67.4 Å². The lowest BCUT2D eigenvalue weighted by atomic mass is 9.88. The number of carbonyl (C=O) groups excluding carboxylic acids is 2. The number of amides is 1. The number of esters is 1. The Hall–Kier alpha value is -0.810. The molecule has 1 saturated heterocycles. The van der Waals surface area contributed by atoms with Crippen LogP contribution in [0.25, 0.3) is 0 Å². The molecule has 100 valence electrons. The van der Waals surface area contributed by atoms with Crippen LogP contribution in [-0.4, -0.2) is 38.1 Å². The molecule has 0 aromatic carbocycles. The number of carbonyl (C=O) groups is 2. The molecule has 1 amide bonds. The minimum absolute atomic E-state index is 0. The quantitative estimate of drug-likeness (QED) is 0.725. The normalized spacial score (nSPS) is 24.6. The summed E-state index contributed by atoms with van der Waals surface area (Å²) in [6.45, 7) is 5.31. The minimum atomic E-state index is -0.343. The van der Waals surface area contributed by atoms with Gasteiger partial charge < -0.3 is 15.4 Å². The zero-order chi connectivity index (χ0) is 12.2. The van der Waals surface area contributed by atoms with Gasteiger partial charge in [0.15, 0.2) is 0 Å². The van der Waals surface area contributed by atoms with Crippen LogP contribution < -0.4 is 10.6 Å². The summed E-state index contributed by atoms with van der Waals surface area (Å²) in [6, 6.07) is -0.183. The fraction of sp³-hybridized carbons (Fsp3) is 0.818. The summed E-state index contributed by atoms with van der Waals surface area (Å²) in [4.78, 5) is 23.0. The molecule has 0 saturated carbocycles. The van der Waals surface area contributed by atoms with Gasteiger partial charge in [-0.05, 0) is 26.8 Å². The van der Waals surface area contributed by atoms with Gasteiger partial charge in [0.2, 0.25) is 5.91 Å². The molecule has 2 N–H and O–H groups in total. The number of halogens is 1. The van der Waals surface area contributed by atoms with Crippen LogP contribution in [-0.2, 0) is 14.3 Å². The molecule has 1 rings (SSSR count). The molecule has 1 aliphatic rings.